The van der Waals surface area contributed by atoms with E-state index in [-0.39, 0.29) is 0 Å². The minimum absolute atomic E-state index is 0.407. The molecule has 2 heteroatoms. The van der Waals surface area contributed by atoms with Crippen molar-refractivity contribution in [2.45, 2.75) is 33.6 Å². The van der Waals surface area contributed by atoms with Gasteiger partial charge in [-0.3, -0.25) is 0 Å². The van der Waals surface area contributed by atoms with Crippen LogP contribution < -0.4 is 4.74 Å². The highest BCUT2D eigenvalue weighted by molar-refractivity contribution is 5.46. The first-order chi connectivity index (χ1) is 9.51. The summed E-state index contributed by atoms with van der Waals surface area (Å²) < 4.78 is 6.02. The van der Waals surface area contributed by atoms with Crippen molar-refractivity contribution in [3.63, 3.8) is 0 Å². The third kappa shape index (κ3) is 3.00. The first-order valence-corrected chi connectivity index (χ1v) is 6.80. The number of hydrogen-bond acceptors (Lipinski definition) is 2. The van der Waals surface area contributed by atoms with Gasteiger partial charge in [-0.05, 0) is 60.7 Å². The van der Waals surface area contributed by atoms with Gasteiger partial charge in [-0.15, -0.1) is 0 Å². The SMILES string of the molecule is Cc1ccc(C(C)C)c(Oc2ccc(C#N)c(C)c2)c1. The van der Waals surface area contributed by atoms with Crippen LogP contribution in [0.3, 0.4) is 0 Å². The molecule has 0 aliphatic rings. The quantitative estimate of drug-likeness (QED) is 0.774. The van der Waals surface area contributed by atoms with E-state index in [1.807, 2.05) is 19.1 Å². The predicted molar refractivity (Wildman–Crippen MR) is 81.2 cm³/mol. The van der Waals surface area contributed by atoms with Gasteiger partial charge in [-0.25, -0.2) is 0 Å². The molecule has 0 aliphatic carbocycles. The molecule has 20 heavy (non-hydrogen) atoms. The molecule has 0 fully saturated rings. The van der Waals surface area contributed by atoms with E-state index in [1.54, 1.807) is 6.07 Å². The fraction of sp³-hybridized carbons (Fsp3) is 0.278. The van der Waals surface area contributed by atoms with Gasteiger partial charge >= 0.3 is 0 Å². The lowest BCUT2D eigenvalue weighted by molar-refractivity contribution is 0.472. The standard InChI is InChI=1S/C18H19NO/c1-12(2)17-8-5-13(3)9-18(17)20-16-7-6-15(11-19)14(4)10-16/h5-10,12H,1-4H3. The van der Waals surface area contributed by atoms with Gasteiger partial charge < -0.3 is 4.74 Å². The molecule has 0 spiro atoms. The number of ether oxygens (including phenoxy) is 1. The van der Waals surface area contributed by atoms with E-state index in [0.29, 0.717) is 11.5 Å². The van der Waals surface area contributed by atoms with Gasteiger partial charge in [0.15, 0.2) is 0 Å². The highest BCUT2D eigenvalue weighted by Gasteiger charge is 2.09. The molecule has 0 amide bonds. The zero-order valence-electron chi connectivity index (χ0n) is 12.4. The fourth-order valence-electron chi connectivity index (χ4n) is 2.16. The van der Waals surface area contributed by atoms with Crippen molar-refractivity contribution in [3.05, 3.63) is 58.7 Å². The Bertz CT molecular complexity index is 666. The van der Waals surface area contributed by atoms with E-state index >= 15 is 0 Å². The Morgan fingerprint density at radius 3 is 2.40 bits per heavy atom. The number of nitrogens with zero attached hydrogens (tertiary/aromatic N) is 1. The molecule has 0 saturated heterocycles. The molecule has 2 rings (SSSR count). The average molecular weight is 265 g/mol. The minimum atomic E-state index is 0.407. The number of benzene rings is 2. The van der Waals surface area contributed by atoms with Crippen LogP contribution >= 0.6 is 0 Å². The maximum Gasteiger partial charge on any atom is 0.131 e. The van der Waals surface area contributed by atoms with Crippen LogP contribution in [0, 0.1) is 25.2 Å². The van der Waals surface area contributed by atoms with Crippen LogP contribution in [-0.4, -0.2) is 0 Å². The zero-order valence-corrected chi connectivity index (χ0v) is 12.4. The molecule has 0 N–H and O–H groups in total. The summed E-state index contributed by atoms with van der Waals surface area (Å²) >= 11 is 0. The van der Waals surface area contributed by atoms with Gasteiger partial charge in [0.2, 0.25) is 0 Å². The van der Waals surface area contributed by atoms with Crippen molar-refractivity contribution in [1.29, 1.82) is 5.26 Å². The van der Waals surface area contributed by atoms with Crippen LogP contribution in [0.5, 0.6) is 11.5 Å². The average Bonchev–Trinajstić information content (AvgIpc) is 2.38. The van der Waals surface area contributed by atoms with Crippen LogP contribution in [0.25, 0.3) is 0 Å². The molecule has 0 bridgehead atoms. The van der Waals surface area contributed by atoms with Gasteiger partial charge in [-0.2, -0.15) is 5.26 Å². The Morgan fingerprint density at radius 1 is 1.05 bits per heavy atom. The Morgan fingerprint density at radius 2 is 1.80 bits per heavy atom. The maximum atomic E-state index is 8.96. The lowest BCUT2D eigenvalue weighted by Crippen LogP contribution is -1.95. The van der Waals surface area contributed by atoms with E-state index < -0.39 is 0 Å². The molecule has 2 nitrogen and oxygen atoms in total. The summed E-state index contributed by atoms with van der Waals surface area (Å²) in [5.74, 6) is 2.07. The van der Waals surface area contributed by atoms with Crippen molar-refractivity contribution in [2.75, 3.05) is 0 Å². The molecule has 0 radical (unpaired) electrons. The third-order valence-electron chi connectivity index (χ3n) is 3.34. The Labute approximate surface area is 120 Å². The Balaban J connectivity index is 2.37. The molecule has 2 aromatic rings. The van der Waals surface area contributed by atoms with E-state index in [9.17, 15) is 0 Å². The summed E-state index contributed by atoms with van der Waals surface area (Å²) in [6, 6.07) is 14.0. The summed E-state index contributed by atoms with van der Waals surface area (Å²) in [6.45, 7) is 8.29. The number of aryl methyl sites for hydroxylation is 2. The van der Waals surface area contributed by atoms with Crippen molar-refractivity contribution in [3.8, 4) is 17.6 Å². The van der Waals surface area contributed by atoms with E-state index in [2.05, 4.69) is 45.0 Å². The van der Waals surface area contributed by atoms with Crippen molar-refractivity contribution in [1.82, 2.24) is 0 Å². The Kier molecular flexibility index (Phi) is 4.10. The monoisotopic (exact) mass is 265 g/mol. The normalized spacial score (nSPS) is 10.4. The molecule has 0 saturated carbocycles. The smallest absolute Gasteiger partial charge is 0.131 e. The molecule has 2 aromatic carbocycles. The summed E-state index contributed by atoms with van der Waals surface area (Å²) in [4.78, 5) is 0. The van der Waals surface area contributed by atoms with E-state index in [0.717, 1.165) is 17.1 Å². The van der Waals surface area contributed by atoms with Crippen LogP contribution in [0.2, 0.25) is 0 Å². The lowest BCUT2D eigenvalue weighted by Gasteiger charge is -2.15. The Hall–Kier alpha value is -2.27. The predicted octanol–water partition coefficient (Wildman–Crippen LogP) is 5.09. The first kappa shape index (κ1) is 14.1. The number of hydrogen-bond donors (Lipinski definition) is 0. The van der Waals surface area contributed by atoms with Crippen LogP contribution in [-0.2, 0) is 0 Å². The first-order valence-electron chi connectivity index (χ1n) is 6.80. The van der Waals surface area contributed by atoms with Crippen LogP contribution in [0.1, 0.15) is 42.0 Å². The van der Waals surface area contributed by atoms with Crippen molar-refractivity contribution >= 4 is 0 Å². The summed E-state index contributed by atoms with van der Waals surface area (Å²) in [6.07, 6.45) is 0. The topological polar surface area (TPSA) is 33.0 Å². The van der Waals surface area contributed by atoms with Crippen molar-refractivity contribution < 1.29 is 4.74 Å². The van der Waals surface area contributed by atoms with Gasteiger partial charge in [0.25, 0.3) is 0 Å². The second-order valence-corrected chi connectivity index (χ2v) is 5.39. The minimum Gasteiger partial charge on any atom is -0.457 e. The van der Waals surface area contributed by atoms with Crippen LogP contribution in [0.4, 0.5) is 0 Å². The molecule has 0 aliphatic heterocycles. The molecule has 0 atom stereocenters. The highest BCUT2D eigenvalue weighted by Crippen LogP contribution is 2.32. The highest BCUT2D eigenvalue weighted by atomic mass is 16.5. The second kappa shape index (κ2) is 5.79. The maximum absolute atomic E-state index is 8.96. The summed E-state index contributed by atoms with van der Waals surface area (Å²) in [5.41, 5.74) is 3.99. The van der Waals surface area contributed by atoms with Gasteiger partial charge in [0.1, 0.15) is 11.5 Å². The molecular formula is C18H19NO. The van der Waals surface area contributed by atoms with Crippen molar-refractivity contribution in [2.24, 2.45) is 0 Å². The van der Waals surface area contributed by atoms with Crippen LogP contribution in [0.15, 0.2) is 36.4 Å². The number of rotatable bonds is 3. The summed E-state index contributed by atoms with van der Waals surface area (Å²) in [5, 5.41) is 8.96. The zero-order chi connectivity index (χ0) is 14.7. The van der Waals surface area contributed by atoms with Gasteiger partial charge in [0.05, 0.1) is 11.6 Å². The molecule has 0 unspecified atom stereocenters. The third-order valence-corrected chi connectivity index (χ3v) is 3.34. The molecular weight excluding hydrogens is 246 g/mol. The molecule has 102 valence electrons. The summed E-state index contributed by atoms with van der Waals surface area (Å²) in [7, 11) is 0. The molecule has 0 aromatic heterocycles. The number of nitriles is 1. The fourth-order valence-corrected chi connectivity index (χ4v) is 2.16. The lowest BCUT2D eigenvalue weighted by atomic mass is 10.0. The van der Waals surface area contributed by atoms with Gasteiger partial charge in [-0.1, -0.05) is 26.0 Å². The second-order valence-electron chi connectivity index (χ2n) is 5.39. The van der Waals surface area contributed by atoms with E-state index in [1.165, 1.54) is 11.1 Å². The largest absolute Gasteiger partial charge is 0.457 e. The van der Waals surface area contributed by atoms with Gasteiger partial charge in [0, 0.05) is 0 Å². The van der Waals surface area contributed by atoms with E-state index in [4.69, 9.17) is 10.00 Å². The molecule has 0 heterocycles.